The minimum atomic E-state index is 0.261. The summed E-state index contributed by atoms with van der Waals surface area (Å²) in [7, 11) is 0. The van der Waals surface area contributed by atoms with Gasteiger partial charge in [0, 0.05) is 31.9 Å². The van der Waals surface area contributed by atoms with Gasteiger partial charge in [-0.15, -0.1) is 0 Å². The van der Waals surface area contributed by atoms with Crippen molar-refractivity contribution in [3.05, 3.63) is 65.5 Å². The summed E-state index contributed by atoms with van der Waals surface area (Å²) in [5, 5.41) is 0. The van der Waals surface area contributed by atoms with Crippen LogP contribution in [0.3, 0.4) is 0 Å². The number of carbonyl (C=O) groups is 1. The van der Waals surface area contributed by atoms with Gasteiger partial charge < -0.3 is 4.90 Å². The standard InChI is InChI=1S/C20H24N2O/c1-2-12-22(15-16-6-5-11-21-14-16)20(23)13-18-10-9-17-7-3-4-8-19(17)18/h3-8,11,14,18H,2,9-10,12-13,15H2,1H3/t18-/m0/s1. The molecular formula is C20H24N2O. The van der Waals surface area contributed by atoms with Gasteiger partial charge in [-0.1, -0.05) is 37.3 Å². The normalized spacial score (nSPS) is 16.1. The van der Waals surface area contributed by atoms with Crippen LogP contribution in [0, 0.1) is 0 Å². The second kappa shape index (κ2) is 7.40. The van der Waals surface area contributed by atoms with Crippen LogP contribution < -0.4 is 0 Å². The van der Waals surface area contributed by atoms with Crippen molar-refractivity contribution in [1.29, 1.82) is 0 Å². The van der Waals surface area contributed by atoms with Crippen molar-refractivity contribution < 1.29 is 4.79 Å². The highest BCUT2D eigenvalue weighted by Gasteiger charge is 2.26. The minimum Gasteiger partial charge on any atom is -0.338 e. The maximum atomic E-state index is 12.8. The second-order valence-corrected chi connectivity index (χ2v) is 6.32. The third kappa shape index (κ3) is 3.79. The molecule has 0 aliphatic heterocycles. The number of carbonyl (C=O) groups excluding carboxylic acids is 1. The Bertz CT molecular complexity index is 654. The Morgan fingerprint density at radius 2 is 2.13 bits per heavy atom. The van der Waals surface area contributed by atoms with E-state index in [9.17, 15) is 4.79 Å². The third-order valence-electron chi connectivity index (χ3n) is 4.62. The first kappa shape index (κ1) is 15.7. The van der Waals surface area contributed by atoms with Crippen LogP contribution in [-0.2, 0) is 17.8 Å². The lowest BCUT2D eigenvalue weighted by molar-refractivity contribution is -0.132. The summed E-state index contributed by atoms with van der Waals surface area (Å²) in [5.41, 5.74) is 3.89. The first-order valence-corrected chi connectivity index (χ1v) is 8.52. The highest BCUT2D eigenvalue weighted by atomic mass is 16.2. The van der Waals surface area contributed by atoms with E-state index in [2.05, 4.69) is 36.2 Å². The molecule has 2 aromatic rings. The highest BCUT2D eigenvalue weighted by molar-refractivity contribution is 5.77. The molecule has 1 amide bonds. The summed E-state index contributed by atoms with van der Waals surface area (Å²) in [6.07, 6.45) is 7.42. The lowest BCUT2D eigenvalue weighted by atomic mass is 9.97. The maximum Gasteiger partial charge on any atom is 0.223 e. The van der Waals surface area contributed by atoms with E-state index in [1.807, 2.05) is 23.2 Å². The molecule has 3 rings (SSSR count). The van der Waals surface area contributed by atoms with E-state index in [1.165, 1.54) is 11.1 Å². The van der Waals surface area contributed by atoms with Crippen molar-refractivity contribution in [2.24, 2.45) is 0 Å². The Kier molecular flexibility index (Phi) is 5.06. The van der Waals surface area contributed by atoms with Gasteiger partial charge in [-0.2, -0.15) is 0 Å². The van der Waals surface area contributed by atoms with Crippen LogP contribution >= 0.6 is 0 Å². The summed E-state index contributed by atoms with van der Waals surface area (Å²) in [6.45, 7) is 3.59. The molecule has 0 bridgehead atoms. The van der Waals surface area contributed by atoms with Crippen LogP contribution in [0.25, 0.3) is 0 Å². The van der Waals surface area contributed by atoms with E-state index in [0.29, 0.717) is 18.9 Å². The number of aryl methyl sites for hydroxylation is 1. The zero-order valence-electron chi connectivity index (χ0n) is 13.7. The van der Waals surface area contributed by atoms with E-state index in [-0.39, 0.29) is 5.91 Å². The molecule has 3 heteroatoms. The number of rotatable bonds is 6. The van der Waals surface area contributed by atoms with Crippen molar-refractivity contribution >= 4 is 5.91 Å². The topological polar surface area (TPSA) is 33.2 Å². The van der Waals surface area contributed by atoms with E-state index < -0.39 is 0 Å². The largest absolute Gasteiger partial charge is 0.338 e. The molecule has 23 heavy (non-hydrogen) atoms. The number of hydrogen-bond acceptors (Lipinski definition) is 2. The minimum absolute atomic E-state index is 0.261. The van der Waals surface area contributed by atoms with Gasteiger partial charge in [0.2, 0.25) is 5.91 Å². The Balaban J connectivity index is 1.67. The molecule has 1 aliphatic carbocycles. The molecule has 1 aliphatic rings. The van der Waals surface area contributed by atoms with Crippen LogP contribution in [0.4, 0.5) is 0 Å². The first-order valence-electron chi connectivity index (χ1n) is 8.52. The fourth-order valence-corrected chi connectivity index (χ4v) is 3.47. The van der Waals surface area contributed by atoms with Crippen LogP contribution in [0.1, 0.15) is 48.8 Å². The molecule has 0 fully saturated rings. The molecular weight excluding hydrogens is 284 g/mol. The summed E-state index contributed by atoms with van der Waals surface area (Å²) >= 11 is 0. The van der Waals surface area contributed by atoms with Crippen LogP contribution in [0.15, 0.2) is 48.8 Å². The summed E-state index contributed by atoms with van der Waals surface area (Å²) < 4.78 is 0. The van der Waals surface area contributed by atoms with Gasteiger partial charge in [-0.05, 0) is 47.9 Å². The molecule has 0 spiro atoms. The SMILES string of the molecule is CCCN(Cc1cccnc1)C(=O)C[C@@H]1CCc2ccccc21. The number of nitrogens with zero attached hydrogens (tertiary/aromatic N) is 2. The van der Waals surface area contributed by atoms with Gasteiger partial charge in [0.15, 0.2) is 0 Å². The molecule has 1 aromatic carbocycles. The molecule has 0 N–H and O–H groups in total. The maximum absolute atomic E-state index is 12.8. The molecule has 0 saturated heterocycles. The molecule has 0 unspecified atom stereocenters. The molecule has 1 atom stereocenters. The Hall–Kier alpha value is -2.16. The van der Waals surface area contributed by atoms with Gasteiger partial charge in [0.05, 0.1) is 0 Å². The third-order valence-corrected chi connectivity index (χ3v) is 4.62. The Morgan fingerprint density at radius 3 is 2.91 bits per heavy atom. The average Bonchev–Trinajstić information content (AvgIpc) is 2.99. The molecule has 1 heterocycles. The monoisotopic (exact) mass is 308 g/mol. The Labute approximate surface area is 138 Å². The fraction of sp³-hybridized carbons (Fsp3) is 0.400. The van der Waals surface area contributed by atoms with Crippen molar-refractivity contribution in [2.45, 2.75) is 45.1 Å². The van der Waals surface area contributed by atoms with Crippen LogP contribution in [-0.4, -0.2) is 22.3 Å². The molecule has 3 nitrogen and oxygen atoms in total. The highest BCUT2D eigenvalue weighted by Crippen LogP contribution is 2.35. The molecule has 120 valence electrons. The predicted octanol–water partition coefficient (Wildman–Crippen LogP) is 3.94. The smallest absolute Gasteiger partial charge is 0.223 e. The number of pyridine rings is 1. The van der Waals surface area contributed by atoms with Gasteiger partial charge in [-0.25, -0.2) is 0 Å². The number of amides is 1. The lowest BCUT2D eigenvalue weighted by Crippen LogP contribution is -2.32. The molecule has 1 aromatic heterocycles. The molecule has 0 radical (unpaired) electrons. The van der Waals surface area contributed by atoms with Crippen LogP contribution in [0.2, 0.25) is 0 Å². The van der Waals surface area contributed by atoms with Crippen molar-refractivity contribution in [1.82, 2.24) is 9.88 Å². The van der Waals surface area contributed by atoms with Gasteiger partial charge in [-0.3, -0.25) is 9.78 Å². The summed E-state index contributed by atoms with van der Waals surface area (Å²) in [4.78, 5) is 18.9. The number of hydrogen-bond donors (Lipinski definition) is 0. The van der Waals surface area contributed by atoms with Crippen molar-refractivity contribution in [2.75, 3.05) is 6.54 Å². The number of benzene rings is 1. The predicted molar refractivity (Wildman–Crippen MR) is 92.1 cm³/mol. The number of fused-ring (bicyclic) bond motifs is 1. The second-order valence-electron chi connectivity index (χ2n) is 6.32. The summed E-state index contributed by atoms with van der Waals surface area (Å²) in [6, 6.07) is 12.5. The summed E-state index contributed by atoms with van der Waals surface area (Å²) in [5.74, 6) is 0.643. The van der Waals surface area contributed by atoms with E-state index in [4.69, 9.17) is 0 Å². The van der Waals surface area contributed by atoms with E-state index in [1.54, 1.807) is 6.20 Å². The molecule has 0 saturated carbocycles. The quantitative estimate of drug-likeness (QED) is 0.810. The van der Waals surface area contributed by atoms with Gasteiger partial charge in [0.25, 0.3) is 0 Å². The van der Waals surface area contributed by atoms with Gasteiger partial charge >= 0.3 is 0 Å². The van der Waals surface area contributed by atoms with E-state index in [0.717, 1.165) is 31.4 Å². The van der Waals surface area contributed by atoms with Gasteiger partial charge in [0.1, 0.15) is 0 Å². The average molecular weight is 308 g/mol. The Morgan fingerprint density at radius 1 is 1.26 bits per heavy atom. The zero-order chi connectivity index (χ0) is 16.1. The van der Waals surface area contributed by atoms with Crippen molar-refractivity contribution in [3.63, 3.8) is 0 Å². The van der Waals surface area contributed by atoms with E-state index >= 15 is 0 Å². The zero-order valence-corrected chi connectivity index (χ0v) is 13.7. The fourth-order valence-electron chi connectivity index (χ4n) is 3.47. The first-order chi connectivity index (χ1) is 11.3. The lowest BCUT2D eigenvalue weighted by Gasteiger charge is -2.24. The number of aromatic nitrogens is 1. The van der Waals surface area contributed by atoms with Crippen LogP contribution in [0.5, 0.6) is 0 Å². The van der Waals surface area contributed by atoms with Crippen molar-refractivity contribution in [3.8, 4) is 0 Å².